The highest BCUT2D eigenvalue weighted by atomic mass is 32.2. The molecule has 0 aliphatic carbocycles. The number of hydrogen-bond donors (Lipinski definition) is 0. The van der Waals surface area contributed by atoms with Crippen LogP contribution in [0.25, 0.3) is 22.3 Å². The lowest BCUT2D eigenvalue weighted by Crippen LogP contribution is -2.57. The lowest BCUT2D eigenvalue weighted by molar-refractivity contribution is 0.0123. The number of ether oxygens (including phenoxy) is 1. The van der Waals surface area contributed by atoms with Crippen LogP contribution in [0.4, 0.5) is 15.0 Å². The molecule has 1 amide bonds. The molecule has 214 valence electrons. The summed E-state index contributed by atoms with van der Waals surface area (Å²) >= 11 is 0. The van der Waals surface area contributed by atoms with E-state index in [-0.39, 0.29) is 40.0 Å². The van der Waals surface area contributed by atoms with Crippen LogP contribution in [0.2, 0.25) is 0 Å². The largest absolute Gasteiger partial charge is 0.444 e. The van der Waals surface area contributed by atoms with E-state index in [0.29, 0.717) is 24.3 Å². The van der Waals surface area contributed by atoms with Gasteiger partial charge in [-0.05, 0) is 64.8 Å². The number of aromatic nitrogens is 4. The summed E-state index contributed by atoms with van der Waals surface area (Å²) in [5.41, 5.74) is 0.652. The molecule has 4 aromatic rings. The van der Waals surface area contributed by atoms with Crippen LogP contribution in [0.5, 0.6) is 0 Å². The van der Waals surface area contributed by atoms with Gasteiger partial charge in [-0.2, -0.15) is 0 Å². The summed E-state index contributed by atoms with van der Waals surface area (Å²) in [4.78, 5) is 29.7. The number of piperazine rings is 1. The fourth-order valence-corrected chi connectivity index (χ4v) is 7.22. The number of amides is 1. The average molecular weight is 579 g/mol. The van der Waals surface area contributed by atoms with Gasteiger partial charge in [-0.3, -0.25) is 9.88 Å². The highest BCUT2D eigenvalue weighted by molar-refractivity contribution is 7.90. The van der Waals surface area contributed by atoms with Gasteiger partial charge in [0, 0.05) is 24.8 Å². The van der Waals surface area contributed by atoms with Crippen molar-refractivity contribution in [3.05, 3.63) is 66.5 Å². The van der Waals surface area contributed by atoms with E-state index in [2.05, 4.69) is 19.9 Å². The Bertz CT molecular complexity index is 1740. The molecule has 0 N–H and O–H groups in total. The van der Waals surface area contributed by atoms with Crippen molar-refractivity contribution in [2.24, 2.45) is 0 Å². The Balaban J connectivity index is 1.46. The second-order valence-electron chi connectivity index (χ2n) is 11.6. The smallest absolute Gasteiger partial charge is 0.410 e. The molecule has 6 rings (SSSR count). The molecule has 0 saturated carbocycles. The maximum Gasteiger partial charge on any atom is 0.410 e. The van der Waals surface area contributed by atoms with E-state index >= 15 is 4.39 Å². The van der Waals surface area contributed by atoms with E-state index in [1.165, 1.54) is 30.7 Å². The van der Waals surface area contributed by atoms with Crippen molar-refractivity contribution in [2.45, 2.75) is 63.1 Å². The zero-order valence-corrected chi connectivity index (χ0v) is 24.1. The summed E-state index contributed by atoms with van der Waals surface area (Å²) < 4.78 is 49.9. The van der Waals surface area contributed by atoms with Crippen LogP contribution in [0.15, 0.2) is 60.0 Å². The van der Waals surface area contributed by atoms with Gasteiger partial charge in [-0.15, -0.1) is 0 Å². The third kappa shape index (κ3) is 4.79. The van der Waals surface area contributed by atoms with E-state index in [4.69, 9.17) is 4.74 Å². The van der Waals surface area contributed by atoms with Gasteiger partial charge in [0.15, 0.2) is 11.5 Å². The standard InChI is InChI=1S/C29H31FN6O4S/c1-18-5-9-21(10-6-18)41(38,39)36-25(22-11-12-31-14-24(22)30)13-23-26(32-17-33-27(23)36)34-15-19-7-8-20(16-34)35(19)28(37)40-29(2,3)4/h5-6,9-14,17,19-20H,7-8,15-16H2,1-4H3. The van der Waals surface area contributed by atoms with Crippen LogP contribution in [0, 0.1) is 12.7 Å². The van der Waals surface area contributed by atoms with E-state index in [1.54, 1.807) is 18.2 Å². The SMILES string of the molecule is Cc1ccc(S(=O)(=O)n2c(-c3ccncc3F)cc3c(N4CC5CCC(C4)N5C(=O)OC(C)(C)C)ncnc32)cc1. The zero-order chi connectivity index (χ0) is 29.1. The number of hydrogen-bond acceptors (Lipinski definition) is 8. The van der Waals surface area contributed by atoms with Gasteiger partial charge in [0.05, 0.1) is 34.3 Å². The predicted octanol–water partition coefficient (Wildman–Crippen LogP) is 4.77. The number of fused-ring (bicyclic) bond motifs is 3. The lowest BCUT2D eigenvalue weighted by Gasteiger charge is -2.41. The highest BCUT2D eigenvalue weighted by Crippen LogP contribution is 2.39. The van der Waals surface area contributed by atoms with Crippen molar-refractivity contribution < 1.29 is 22.3 Å². The fraction of sp³-hybridized carbons (Fsp3) is 0.379. The van der Waals surface area contributed by atoms with Gasteiger partial charge in [0.2, 0.25) is 0 Å². The molecule has 12 heteroatoms. The van der Waals surface area contributed by atoms with Crippen LogP contribution >= 0.6 is 0 Å². The molecule has 2 aliphatic rings. The minimum absolute atomic E-state index is 0.0560. The van der Waals surface area contributed by atoms with Crippen molar-refractivity contribution in [2.75, 3.05) is 18.0 Å². The molecule has 3 aromatic heterocycles. The molecule has 1 aromatic carbocycles. The molecule has 2 unspecified atom stereocenters. The Hall–Kier alpha value is -4.06. The topological polar surface area (TPSA) is 111 Å². The fourth-order valence-electron chi connectivity index (χ4n) is 5.75. The van der Waals surface area contributed by atoms with Crippen molar-refractivity contribution in [1.82, 2.24) is 23.8 Å². The molecule has 41 heavy (non-hydrogen) atoms. The third-order valence-corrected chi connectivity index (χ3v) is 9.25. The summed E-state index contributed by atoms with van der Waals surface area (Å²) in [6.07, 6.45) is 5.11. The number of carbonyl (C=O) groups excluding carboxylic acids is 1. The number of rotatable bonds is 4. The zero-order valence-electron chi connectivity index (χ0n) is 23.3. The second kappa shape index (κ2) is 9.79. The summed E-state index contributed by atoms with van der Waals surface area (Å²) in [5, 5.41) is 0.472. The Morgan fingerprint density at radius 3 is 2.37 bits per heavy atom. The summed E-state index contributed by atoms with van der Waals surface area (Å²) in [6, 6.07) is 9.39. The summed E-state index contributed by atoms with van der Waals surface area (Å²) in [6.45, 7) is 8.40. The number of aryl methyl sites for hydroxylation is 1. The maximum absolute atomic E-state index is 15.1. The second-order valence-corrected chi connectivity index (χ2v) is 13.4. The Labute approximate surface area is 237 Å². The Morgan fingerprint density at radius 2 is 1.73 bits per heavy atom. The first-order valence-electron chi connectivity index (χ1n) is 13.5. The molecule has 2 bridgehead atoms. The molecule has 5 heterocycles. The molecule has 2 atom stereocenters. The monoisotopic (exact) mass is 578 g/mol. The Morgan fingerprint density at radius 1 is 1.05 bits per heavy atom. The molecule has 2 aliphatic heterocycles. The van der Waals surface area contributed by atoms with Crippen LogP contribution in [0.3, 0.4) is 0 Å². The molecule has 10 nitrogen and oxygen atoms in total. The van der Waals surface area contributed by atoms with Gasteiger partial charge in [-0.1, -0.05) is 17.7 Å². The molecule has 2 fully saturated rings. The lowest BCUT2D eigenvalue weighted by atomic mass is 10.1. The minimum atomic E-state index is -4.18. The Kier molecular flexibility index (Phi) is 6.48. The van der Waals surface area contributed by atoms with Crippen LogP contribution < -0.4 is 4.90 Å². The van der Waals surface area contributed by atoms with Gasteiger partial charge in [0.25, 0.3) is 10.0 Å². The molecular formula is C29H31FN6O4S. The predicted molar refractivity (Wildman–Crippen MR) is 152 cm³/mol. The van der Waals surface area contributed by atoms with Crippen LogP contribution in [-0.2, 0) is 14.8 Å². The number of pyridine rings is 1. The molecule has 0 spiro atoms. The third-order valence-electron chi connectivity index (χ3n) is 7.53. The first-order chi connectivity index (χ1) is 19.4. The van der Waals surface area contributed by atoms with E-state index in [1.807, 2.05) is 32.6 Å². The number of nitrogens with zero attached hydrogens (tertiary/aromatic N) is 6. The van der Waals surface area contributed by atoms with Crippen LogP contribution in [-0.4, -0.2) is 69.1 Å². The minimum Gasteiger partial charge on any atom is -0.444 e. The maximum atomic E-state index is 15.1. The number of halogens is 1. The molecule has 0 radical (unpaired) electrons. The van der Waals surface area contributed by atoms with E-state index < -0.39 is 21.4 Å². The van der Waals surface area contributed by atoms with Gasteiger partial charge in [0.1, 0.15) is 17.7 Å². The van der Waals surface area contributed by atoms with E-state index in [9.17, 15) is 13.2 Å². The number of carbonyl (C=O) groups is 1. The normalized spacial score (nSPS) is 19.1. The summed E-state index contributed by atoms with van der Waals surface area (Å²) in [5.74, 6) is -0.126. The molecular weight excluding hydrogens is 547 g/mol. The van der Waals surface area contributed by atoms with E-state index in [0.717, 1.165) is 28.6 Å². The highest BCUT2D eigenvalue weighted by Gasteiger charge is 2.45. The van der Waals surface area contributed by atoms with Crippen LogP contribution in [0.1, 0.15) is 39.2 Å². The summed E-state index contributed by atoms with van der Waals surface area (Å²) in [7, 11) is -4.18. The van der Waals surface area contributed by atoms with Crippen molar-refractivity contribution in [3.63, 3.8) is 0 Å². The number of anilines is 1. The first kappa shape index (κ1) is 27.1. The van der Waals surface area contributed by atoms with Gasteiger partial charge in [-0.25, -0.2) is 31.5 Å². The van der Waals surface area contributed by atoms with Gasteiger partial charge >= 0.3 is 6.09 Å². The first-order valence-corrected chi connectivity index (χ1v) is 14.9. The molecule has 2 saturated heterocycles. The van der Waals surface area contributed by atoms with Crippen molar-refractivity contribution in [3.8, 4) is 11.3 Å². The van der Waals surface area contributed by atoms with Crippen molar-refractivity contribution in [1.29, 1.82) is 0 Å². The van der Waals surface area contributed by atoms with Gasteiger partial charge < -0.3 is 9.64 Å². The average Bonchev–Trinajstić information content (AvgIpc) is 3.43. The van der Waals surface area contributed by atoms with Crippen molar-refractivity contribution >= 4 is 33.0 Å². The quantitative estimate of drug-likeness (QED) is 0.341. The number of benzene rings is 1.